The second-order valence-corrected chi connectivity index (χ2v) is 7.60. The van der Waals surface area contributed by atoms with Gasteiger partial charge in [-0.05, 0) is 41.5 Å². The molecule has 5 nitrogen and oxygen atoms in total. The third kappa shape index (κ3) is 3.04. The lowest BCUT2D eigenvalue weighted by atomic mass is 9.77. The zero-order valence-electron chi connectivity index (χ0n) is 15.4. The van der Waals surface area contributed by atoms with Crippen LogP contribution in [0.25, 0.3) is 16.7 Å². The number of aromatic hydroxyl groups is 1. The zero-order valence-corrected chi connectivity index (χ0v) is 16.2. The number of phenols is 1. The van der Waals surface area contributed by atoms with E-state index >= 15 is 0 Å². The molecule has 0 spiro atoms. The van der Waals surface area contributed by atoms with Crippen molar-refractivity contribution in [2.45, 2.75) is 19.3 Å². The third-order valence-electron chi connectivity index (χ3n) is 5.02. The van der Waals surface area contributed by atoms with Gasteiger partial charge >= 0.3 is 0 Å². The first-order chi connectivity index (χ1) is 13.4. The van der Waals surface area contributed by atoms with Crippen LogP contribution in [0.3, 0.4) is 0 Å². The first-order valence-corrected chi connectivity index (χ1v) is 9.19. The number of hydrogen-bond acceptors (Lipinski definition) is 4. The van der Waals surface area contributed by atoms with E-state index in [9.17, 15) is 9.90 Å². The number of rotatable bonds is 4. The molecule has 0 aliphatic rings. The Morgan fingerprint density at radius 1 is 0.964 bits per heavy atom. The number of benzene rings is 3. The fourth-order valence-corrected chi connectivity index (χ4v) is 3.43. The van der Waals surface area contributed by atoms with Crippen molar-refractivity contribution in [1.29, 1.82) is 0 Å². The summed E-state index contributed by atoms with van der Waals surface area (Å²) in [7, 11) is 0. The van der Waals surface area contributed by atoms with E-state index < -0.39 is 5.41 Å². The maximum absolute atomic E-state index is 11.6. The molecular formula is C22H18ClN3O2. The smallest absolute Gasteiger partial charge is 0.153 e. The number of nitrogens with zero attached hydrogens (tertiary/aromatic N) is 3. The van der Waals surface area contributed by atoms with Crippen LogP contribution in [0.1, 0.15) is 35.3 Å². The Bertz CT molecular complexity index is 1180. The minimum atomic E-state index is -0.392. The van der Waals surface area contributed by atoms with Crippen LogP contribution < -0.4 is 0 Å². The lowest BCUT2D eigenvalue weighted by molar-refractivity contribution is 0.112. The van der Waals surface area contributed by atoms with Gasteiger partial charge in [0, 0.05) is 10.4 Å². The van der Waals surface area contributed by atoms with Gasteiger partial charge in [-0.25, -0.2) is 0 Å². The van der Waals surface area contributed by atoms with Crippen LogP contribution in [-0.4, -0.2) is 26.4 Å². The van der Waals surface area contributed by atoms with Crippen LogP contribution in [0.4, 0.5) is 0 Å². The third-order valence-corrected chi connectivity index (χ3v) is 5.26. The number of hydrogen-bond donors (Lipinski definition) is 1. The van der Waals surface area contributed by atoms with Crippen molar-refractivity contribution in [2.75, 3.05) is 0 Å². The molecule has 0 radical (unpaired) electrons. The number of aromatic nitrogens is 3. The lowest BCUT2D eigenvalue weighted by Crippen LogP contribution is -2.20. The normalized spacial score (nSPS) is 11.7. The number of carbonyl (C=O) groups excluding carboxylic acids is 1. The summed E-state index contributed by atoms with van der Waals surface area (Å²) in [4.78, 5) is 13.0. The lowest BCUT2D eigenvalue weighted by Gasteiger charge is -2.27. The van der Waals surface area contributed by atoms with Crippen molar-refractivity contribution in [3.8, 4) is 11.4 Å². The number of halogens is 1. The largest absolute Gasteiger partial charge is 0.505 e. The molecule has 1 N–H and O–H groups in total. The second-order valence-electron chi connectivity index (χ2n) is 7.16. The minimum Gasteiger partial charge on any atom is -0.505 e. The molecule has 28 heavy (non-hydrogen) atoms. The van der Waals surface area contributed by atoms with Crippen LogP contribution in [0.5, 0.6) is 5.75 Å². The Labute approximate surface area is 167 Å². The van der Waals surface area contributed by atoms with E-state index in [4.69, 9.17) is 11.6 Å². The number of phenolic OH excluding ortho intramolecular Hbond substituents is 1. The molecule has 0 unspecified atom stereocenters. The molecule has 0 aliphatic carbocycles. The Morgan fingerprint density at radius 2 is 1.68 bits per heavy atom. The van der Waals surface area contributed by atoms with Gasteiger partial charge in [0.15, 0.2) is 12.0 Å². The molecule has 0 atom stereocenters. The van der Waals surface area contributed by atoms with Crippen molar-refractivity contribution >= 4 is 28.9 Å². The van der Waals surface area contributed by atoms with Crippen LogP contribution in [0.2, 0.25) is 5.02 Å². The highest BCUT2D eigenvalue weighted by Gasteiger charge is 2.26. The first kappa shape index (κ1) is 18.2. The molecule has 4 aromatic rings. The summed E-state index contributed by atoms with van der Waals surface area (Å²) in [6.45, 7) is 4.14. The van der Waals surface area contributed by atoms with E-state index in [1.807, 2.05) is 36.4 Å². The highest BCUT2D eigenvalue weighted by atomic mass is 35.5. The topological polar surface area (TPSA) is 68.0 Å². The molecule has 1 aromatic heterocycles. The van der Waals surface area contributed by atoms with Crippen molar-refractivity contribution in [3.63, 3.8) is 0 Å². The summed E-state index contributed by atoms with van der Waals surface area (Å²) < 4.78 is 0. The summed E-state index contributed by atoms with van der Waals surface area (Å²) in [5, 5.41) is 20.0. The number of aldehydes is 1. The molecule has 1 heterocycles. The number of carbonyl (C=O) groups is 1. The van der Waals surface area contributed by atoms with Gasteiger partial charge in [-0.3, -0.25) is 4.79 Å². The second kappa shape index (κ2) is 6.77. The predicted octanol–water partition coefficient (Wildman–Crippen LogP) is 4.92. The van der Waals surface area contributed by atoms with E-state index in [1.165, 1.54) is 4.80 Å². The Morgan fingerprint density at radius 3 is 2.39 bits per heavy atom. The molecule has 0 bridgehead atoms. The van der Waals surface area contributed by atoms with E-state index in [1.54, 1.807) is 24.3 Å². The SMILES string of the molecule is CC(C)(c1ccccc1)c1cc(C=O)c(O)c(-n2nc3ccc(Cl)cc3n2)c1. The van der Waals surface area contributed by atoms with Crippen molar-refractivity contribution in [2.24, 2.45) is 0 Å². The van der Waals surface area contributed by atoms with Gasteiger partial charge in [0.25, 0.3) is 0 Å². The molecule has 0 saturated heterocycles. The number of fused-ring (bicyclic) bond motifs is 1. The van der Waals surface area contributed by atoms with Crippen LogP contribution in [0, 0.1) is 0 Å². The summed E-state index contributed by atoms with van der Waals surface area (Å²) >= 11 is 6.03. The summed E-state index contributed by atoms with van der Waals surface area (Å²) in [5.74, 6) is -0.158. The van der Waals surface area contributed by atoms with E-state index in [-0.39, 0.29) is 11.3 Å². The molecule has 4 rings (SSSR count). The highest BCUT2D eigenvalue weighted by molar-refractivity contribution is 6.31. The molecule has 3 aromatic carbocycles. The average molecular weight is 392 g/mol. The van der Waals surface area contributed by atoms with Crippen LogP contribution >= 0.6 is 11.6 Å². The fourth-order valence-electron chi connectivity index (χ4n) is 3.26. The van der Waals surface area contributed by atoms with Gasteiger partial charge in [0.1, 0.15) is 16.7 Å². The Kier molecular flexibility index (Phi) is 4.40. The molecule has 6 heteroatoms. The van der Waals surface area contributed by atoms with Crippen molar-refractivity contribution < 1.29 is 9.90 Å². The Balaban J connectivity index is 1.92. The minimum absolute atomic E-state index is 0.158. The average Bonchev–Trinajstić information content (AvgIpc) is 3.11. The maximum Gasteiger partial charge on any atom is 0.153 e. The predicted molar refractivity (Wildman–Crippen MR) is 109 cm³/mol. The van der Waals surface area contributed by atoms with Crippen molar-refractivity contribution in [1.82, 2.24) is 15.0 Å². The van der Waals surface area contributed by atoms with Gasteiger partial charge in [-0.1, -0.05) is 55.8 Å². The fraction of sp³-hybridized carbons (Fsp3) is 0.136. The molecule has 0 saturated carbocycles. The van der Waals surface area contributed by atoms with Crippen molar-refractivity contribution in [3.05, 3.63) is 82.4 Å². The summed E-state index contributed by atoms with van der Waals surface area (Å²) in [5.41, 5.74) is 3.35. The first-order valence-electron chi connectivity index (χ1n) is 8.81. The molecule has 0 aliphatic heterocycles. The van der Waals surface area contributed by atoms with E-state index in [0.717, 1.165) is 11.1 Å². The quantitative estimate of drug-likeness (QED) is 0.501. The summed E-state index contributed by atoms with van der Waals surface area (Å²) in [6.07, 6.45) is 0.642. The van der Waals surface area contributed by atoms with Gasteiger partial charge in [0.2, 0.25) is 0 Å². The zero-order chi connectivity index (χ0) is 19.9. The van der Waals surface area contributed by atoms with E-state index in [0.29, 0.717) is 28.0 Å². The molecule has 140 valence electrons. The van der Waals surface area contributed by atoms with Gasteiger partial charge < -0.3 is 5.11 Å². The van der Waals surface area contributed by atoms with Crippen LogP contribution in [-0.2, 0) is 5.41 Å². The standard InChI is InChI=1S/C22H18ClN3O2/c1-22(2,15-6-4-3-5-7-15)16-10-14(13-27)21(28)20(11-16)26-24-18-9-8-17(23)12-19(18)25-26/h3-13,28H,1-2H3. The summed E-state index contributed by atoms with van der Waals surface area (Å²) in [6, 6.07) is 18.7. The molecule has 0 amide bonds. The molecule has 0 fully saturated rings. The van der Waals surface area contributed by atoms with Crippen LogP contribution in [0.15, 0.2) is 60.7 Å². The van der Waals surface area contributed by atoms with Gasteiger partial charge in [0.05, 0.1) is 5.56 Å². The molecular weight excluding hydrogens is 374 g/mol. The maximum atomic E-state index is 11.6. The van der Waals surface area contributed by atoms with Gasteiger partial charge in [-0.15, -0.1) is 15.0 Å². The van der Waals surface area contributed by atoms with Gasteiger partial charge in [-0.2, -0.15) is 0 Å². The Hall–Kier alpha value is -3.18. The van der Waals surface area contributed by atoms with E-state index in [2.05, 4.69) is 24.0 Å². The monoisotopic (exact) mass is 391 g/mol. The highest BCUT2D eigenvalue weighted by Crippen LogP contribution is 2.36.